The number of amides is 1. The highest BCUT2D eigenvalue weighted by Gasteiger charge is 2.06. The summed E-state index contributed by atoms with van der Waals surface area (Å²) < 4.78 is 0. The maximum absolute atomic E-state index is 12.0. The van der Waals surface area contributed by atoms with E-state index in [0.29, 0.717) is 12.1 Å². The smallest absolute Gasteiger partial charge is 0.251 e. The minimum atomic E-state index is -0.105. The topological polar surface area (TPSA) is 58.1 Å². The Morgan fingerprint density at radius 2 is 1.90 bits per heavy atom. The molecule has 1 N–H and O–H groups in total. The van der Waals surface area contributed by atoms with E-state index in [-0.39, 0.29) is 5.91 Å². The zero-order valence-electron chi connectivity index (χ0n) is 11.9. The molecule has 5 nitrogen and oxygen atoms in total. The fraction of sp³-hybridized carbons (Fsp3) is 0.267. The summed E-state index contributed by atoms with van der Waals surface area (Å²) in [6.45, 7) is 2.30. The maximum Gasteiger partial charge on any atom is 0.251 e. The summed E-state index contributed by atoms with van der Waals surface area (Å²) >= 11 is 0. The van der Waals surface area contributed by atoms with Crippen LogP contribution in [0.3, 0.4) is 0 Å². The third kappa shape index (κ3) is 3.54. The fourth-order valence-electron chi connectivity index (χ4n) is 1.79. The van der Waals surface area contributed by atoms with E-state index >= 15 is 0 Å². The molecule has 0 fully saturated rings. The van der Waals surface area contributed by atoms with Gasteiger partial charge in [-0.1, -0.05) is 0 Å². The Labute approximate surface area is 118 Å². The molecule has 0 aliphatic heterocycles. The standard InChI is InChI=1S/C15H18N4O/c1-11-8-13(18-10-17-11)9-16-15(20)12-4-6-14(7-5-12)19(2)3/h4-8,10H,9H2,1-3H3,(H,16,20). The minimum Gasteiger partial charge on any atom is -0.378 e. The number of benzene rings is 1. The number of anilines is 1. The van der Waals surface area contributed by atoms with Gasteiger partial charge in [-0.2, -0.15) is 0 Å². The molecule has 0 spiro atoms. The van der Waals surface area contributed by atoms with Crippen LogP contribution in [-0.4, -0.2) is 30.0 Å². The van der Waals surface area contributed by atoms with Crippen molar-refractivity contribution in [3.05, 3.63) is 53.6 Å². The van der Waals surface area contributed by atoms with Crippen molar-refractivity contribution in [1.82, 2.24) is 15.3 Å². The van der Waals surface area contributed by atoms with Gasteiger partial charge in [0.05, 0.1) is 12.2 Å². The van der Waals surface area contributed by atoms with Gasteiger partial charge in [0.25, 0.3) is 5.91 Å². The lowest BCUT2D eigenvalue weighted by Gasteiger charge is -2.12. The third-order valence-corrected chi connectivity index (χ3v) is 2.94. The van der Waals surface area contributed by atoms with Crippen LogP contribution >= 0.6 is 0 Å². The van der Waals surface area contributed by atoms with Crippen molar-refractivity contribution in [2.45, 2.75) is 13.5 Å². The van der Waals surface area contributed by atoms with E-state index in [1.807, 2.05) is 56.3 Å². The Kier molecular flexibility index (Phi) is 4.30. The van der Waals surface area contributed by atoms with Gasteiger partial charge >= 0.3 is 0 Å². The van der Waals surface area contributed by atoms with Crippen molar-refractivity contribution in [1.29, 1.82) is 0 Å². The number of nitrogens with one attached hydrogen (secondary N) is 1. The van der Waals surface area contributed by atoms with Gasteiger partial charge in [0.2, 0.25) is 0 Å². The Bertz CT molecular complexity index is 593. The molecule has 1 heterocycles. The first-order valence-electron chi connectivity index (χ1n) is 6.39. The van der Waals surface area contributed by atoms with Crippen LogP contribution in [0.15, 0.2) is 36.7 Å². The second-order valence-electron chi connectivity index (χ2n) is 4.77. The van der Waals surface area contributed by atoms with Gasteiger partial charge < -0.3 is 10.2 Å². The summed E-state index contributed by atoms with van der Waals surface area (Å²) in [5.41, 5.74) is 3.39. The normalized spacial score (nSPS) is 10.2. The van der Waals surface area contributed by atoms with Crippen LogP contribution in [0.2, 0.25) is 0 Å². The van der Waals surface area contributed by atoms with Crippen LogP contribution in [0.1, 0.15) is 21.7 Å². The molecule has 1 aromatic carbocycles. The number of carbonyl (C=O) groups is 1. The van der Waals surface area contributed by atoms with E-state index in [9.17, 15) is 4.79 Å². The Hall–Kier alpha value is -2.43. The first-order chi connectivity index (χ1) is 9.56. The average Bonchev–Trinajstić information content (AvgIpc) is 2.45. The van der Waals surface area contributed by atoms with Crippen LogP contribution in [0.5, 0.6) is 0 Å². The monoisotopic (exact) mass is 270 g/mol. The predicted octanol–water partition coefficient (Wildman–Crippen LogP) is 1.78. The zero-order chi connectivity index (χ0) is 14.5. The molecule has 0 radical (unpaired) electrons. The van der Waals surface area contributed by atoms with Crippen LogP contribution in [0, 0.1) is 6.92 Å². The molecule has 1 aromatic heterocycles. The van der Waals surface area contributed by atoms with Crippen molar-refractivity contribution in [3.8, 4) is 0 Å². The first-order valence-corrected chi connectivity index (χ1v) is 6.39. The number of nitrogens with zero attached hydrogens (tertiary/aromatic N) is 3. The zero-order valence-corrected chi connectivity index (χ0v) is 11.9. The summed E-state index contributed by atoms with van der Waals surface area (Å²) in [7, 11) is 3.93. The highest BCUT2D eigenvalue weighted by atomic mass is 16.1. The number of hydrogen-bond donors (Lipinski definition) is 1. The molecule has 0 aliphatic rings. The van der Waals surface area contributed by atoms with Gasteiger partial charge in [0.15, 0.2) is 0 Å². The Balaban J connectivity index is 1.98. The van der Waals surface area contributed by atoms with E-state index < -0.39 is 0 Å². The summed E-state index contributed by atoms with van der Waals surface area (Å²) in [5.74, 6) is -0.105. The molecule has 0 bridgehead atoms. The quantitative estimate of drug-likeness (QED) is 0.920. The van der Waals surface area contributed by atoms with Gasteiger partial charge in [0, 0.05) is 31.0 Å². The van der Waals surface area contributed by atoms with E-state index in [1.54, 1.807) is 0 Å². The Morgan fingerprint density at radius 3 is 2.50 bits per heavy atom. The van der Waals surface area contributed by atoms with Crippen LogP contribution in [-0.2, 0) is 6.54 Å². The lowest BCUT2D eigenvalue weighted by atomic mass is 10.2. The molecule has 0 unspecified atom stereocenters. The Morgan fingerprint density at radius 1 is 1.20 bits per heavy atom. The summed E-state index contributed by atoms with van der Waals surface area (Å²) in [4.78, 5) is 22.1. The van der Waals surface area contributed by atoms with Crippen LogP contribution < -0.4 is 10.2 Å². The number of hydrogen-bond acceptors (Lipinski definition) is 4. The molecule has 20 heavy (non-hydrogen) atoms. The van der Waals surface area contributed by atoms with Gasteiger partial charge in [0.1, 0.15) is 6.33 Å². The SMILES string of the molecule is Cc1cc(CNC(=O)c2ccc(N(C)C)cc2)ncn1. The molecular formula is C15H18N4O. The van der Waals surface area contributed by atoms with E-state index in [2.05, 4.69) is 15.3 Å². The molecule has 104 valence electrons. The molecule has 0 saturated heterocycles. The predicted molar refractivity (Wildman–Crippen MR) is 78.7 cm³/mol. The molecule has 1 amide bonds. The molecule has 2 rings (SSSR count). The lowest BCUT2D eigenvalue weighted by molar-refractivity contribution is 0.0950. The van der Waals surface area contributed by atoms with Gasteiger partial charge in [-0.25, -0.2) is 9.97 Å². The van der Waals surface area contributed by atoms with Gasteiger partial charge in [-0.15, -0.1) is 0 Å². The molecule has 0 saturated carbocycles. The van der Waals surface area contributed by atoms with Gasteiger partial charge in [-0.3, -0.25) is 4.79 Å². The van der Waals surface area contributed by atoms with Crippen molar-refractivity contribution in [2.24, 2.45) is 0 Å². The highest BCUT2D eigenvalue weighted by Crippen LogP contribution is 2.12. The third-order valence-electron chi connectivity index (χ3n) is 2.94. The molecular weight excluding hydrogens is 252 g/mol. The van der Waals surface area contributed by atoms with E-state index in [4.69, 9.17) is 0 Å². The van der Waals surface area contributed by atoms with E-state index in [0.717, 1.165) is 17.1 Å². The maximum atomic E-state index is 12.0. The molecule has 5 heteroatoms. The summed E-state index contributed by atoms with van der Waals surface area (Å²) in [6.07, 6.45) is 1.50. The van der Waals surface area contributed by atoms with Gasteiger partial charge in [-0.05, 0) is 37.3 Å². The summed E-state index contributed by atoms with van der Waals surface area (Å²) in [6, 6.07) is 9.33. The average molecular weight is 270 g/mol. The van der Waals surface area contributed by atoms with E-state index in [1.165, 1.54) is 6.33 Å². The second kappa shape index (κ2) is 6.14. The molecule has 0 atom stereocenters. The van der Waals surface area contributed by atoms with Crippen LogP contribution in [0.25, 0.3) is 0 Å². The summed E-state index contributed by atoms with van der Waals surface area (Å²) in [5, 5.41) is 2.85. The number of rotatable bonds is 4. The minimum absolute atomic E-state index is 0.105. The van der Waals surface area contributed by atoms with Crippen LogP contribution in [0.4, 0.5) is 5.69 Å². The molecule has 2 aromatic rings. The first kappa shape index (κ1) is 14.0. The number of aryl methyl sites for hydroxylation is 1. The van der Waals surface area contributed by atoms with Crippen molar-refractivity contribution in [3.63, 3.8) is 0 Å². The lowest BCUT2D eigenvalue weighted by Crippen LogP contribution is -2.23. The highest BCUT2D eigenvalue weighted by molar-refractivity contribution is 5.94. The molecule has 0 aliphatic carbocycles. The van der Waals surface area contributed by atoms with Crippen molar-refractivity contribution < 1.29 is 4.79 Å². The number of carbonyl (C=O) groups excluding carboxylic acids is 1. The van der Waals surface area contributed by atoms with Crippen molar-refractivity contribution in [2.75, 3.05) is 19.0 Å². The number of aromatic nitrogens is 2. The largest absolute Gasteiger partial charge is 0.378 e. The second-order valence-corrected chi connectivity index (χ2v) is 4.77. The van der Waals surface area contributed by atoms with Crippen molar-refractivity contribution >= 4 is 11.6 Å². The fourth-order valence-corrected chi connectivity index (χ4v) is 1.79.